The zero-order chi connectivity index (χ0) is 19.4. The first-order valence-electron chi connectivity index (χ1n) is 8.66. The number of nitrogens with zero attached hydrogens (tertiary/aromatic N) is 2. The van der Waals surface area contributed by atoms with E-state index in [1.807, 2.05) is 7.05 Å². The Hall–Kier alpha value is -2.29. The van der Waals surface area contributed by atoms with Crippen molar-refractivity contribution in [2.45, 2.75) is 5.75 Å². The molecule has 0 spiro atoms. The van der Waals surface area contributed by atoms with E-state index in [2.05, 4.69) is 10.2 Å². The lowest BCUT2D eigenvalue weighted by Gasteiger charge is -2.31. The van der Waals surface area contributed by atoms with Gasteiger partial charge in [-0.05, 0) is 49.0 Å². The highest BCUT2D eigenvalue weighted by Gasteiger charge is 2.25. The molecule has 1 aliphatic rings. The van der Waals surface area contributed by atoms with Gasteiger partial charge in [0.15, 0.2) is 0 Å². The van der Waals surface area contributed by atoms with Crippen LogP contribution in [-0.4, -0.2) is 56.8 Å². The molecule has 2 aromatic rings. The van der Waals surface area contributed by atoms with Crippen molar-refractivity contribution in [3.8, 4) is 0 Å². The van der Waals surface area contributed by atoms with Crippen LogP contribution in [0.15, 0.2) is 48.5 Å². The summed E-state index contributed by atoms with van der Waals surface area (Å²) in [6.45, 7) is 2.44. The van der Waals surface area contributed by atoms with Crippen LogP contribution in [0, 0.1) is 5.82 Å². The zero-order valence-electron chi connectivity index (χ0n) is 15.1. The number of benzene rings is 2. The molecule has 144 valence electrons. The first-order chi connectivity index (χ1) is 12.8. The minimum absolute atomic E-state index is 0.0867. The molecular formula is C19H22FN3O3S. The Labute approximate surface area is 158 Å². The van der Waals surface area contributed by atoms with E-state index in [1.165, 1.54) is 28.6 Å². The van der Waals surface area contributed by atoms with E-state index in [9.17, 15) is 17.6 Å². The van der Waals surface area contributed by atoms with Crippen LogP contribution in [0.3, 0.4) is 0 Å². The van der Waals surface area contributed by atoms with E-state index >= 15 is 0 Å². The number of carbonyl (C=O) groups excluding carboxylic acids is 1. The number of sulfonamides is 1. The Bertz CT molecular complexity index is 891. The van der Waals surface area contributed by atoms with E-state index in [1.54, 1.807) is 24.3 Å². The van der Waals surface area contributed by atoms with Crippen LogP contribution in [0.5, 0.6) is 0 Å². The fourth-order valence-electron chi connectivity index (χ4n) is 2.86. The summed E-state index contributed by atoms with van der Waals surface area (Å²) >= 11 is 0. The van der Waals surface area contributed by atoms with Gasteiger partial charge >= 0.3 is 0 Å². The highest BCUT2D eigenvalue weighted by molar-refractivity contribution is 7.88. The van der Waals surface area contributed by atoms with Crippen molar-refractivity contribution in [2.75, 3.05) is 38.5 Å². The van der Waals surface area contributed by atoms with Crippen molar-refractivity contribution in [3.63, 3.8) is 0 Å². The summed E-state index contributed by atoms with van der Waals surface area (Å²) in [6.07, 6.45) is 0. The summed E-state index contributed by atoms with van der Waals surface area (Å²) in [5.41, 5.74) is 1.52. The average Bonchev–Trinajstić information content (AvgIpc) is 2.64. The molecule has 1 N–H and O–H groups in total. The molecule has 0 aliphatic carbocycles. The summed E-state index contributed by atoms with van der Waals surface area (Å²) in [5, 5.41) is 2.67. The predicted molar refractivity (Wildman–Crippen MR) is 102 cm³/mol. The third-order valence-corrected chi connectivity index (χ3v) is 6.37. The van der Waals surface area contributed by atoms with Crippen molar-refractivity contribution < 1.29 is 17.6 Å². The Morgan fingerprint density at radius 1 is 1.00 bits per heavy atom. The maximum Gasteiger partial charge on any atom is 0.255 e. The highest BCUT2D eigenvalue weighted by atomic mass is 32.2. The number of likely N-dealkylation sites (N-methyl/N-ethyl adjacent to an activating group) is 1. The quantitative estimate of drug-likeness (QED) is 0.848. The van der Waals surface area contributed by atoms with Crippen molar-refractivity contribution in [1.82, 2.24) is 9.21 Å². The molecule has 0 bridgehead atoms. The molecule has 6 nitrogen and oxygen atoms in total. The van der Waals surface area contributed by atoms with Crippen LogP contribution in [0.2, 0.25) is 0 Å². The molecule has 1 saturated heterocycles. The van der Waals surface area contributed by atoms with E-state index < -0.39 is 10.0 Å². The molecule has 27 heavy (non-hydrogen) atoms. The SMILES string of the molecule is CN1CCN(S(=O)(=O)Cc2ccc(C(=O)Nc3ccc(F)cc3)cc2)CC1. The topological polar surface area (TPSA) is 69.7 Å². The number of halogens is 1. The minimum Gasteiger partial charge on any atom is -0.322 e. The van der Waals surface area contributed by atoms with Crippen molar-refractivity contribution in [3.05, 3.63) is 65.5 Å². The average molecular weight is 391 g/mol. The molecule has 0 aromatic heterocycles. The molecule has 0 radical (unpaired) electrons. The van der Waals surface area contributed by atoms with Gasteiger partial charge in [-0.2, -0.15) is 4.31 Å². The first-order valence-corrected chi connectivity index (χ1v) is 10.3. The molecule has 1 amide bonds. The first kappa shape index (κ1) is 19.5. The van der Waals surface area contributed by atoms with Gasteiger partial charge in [0.25, 0.3) is 5.91 Å². The molecule has 0 unspecified atom stereocenters. The van der Waals surface area contributed by atoms with Crippen LogP contribution in [0.25, 0.3) is 0 Å². The molecule has 3 rings (SSSR count). The number of rotatable bonds is 5. The highest BCUT2D eigenvalue weighted by Crippen LogP contribution is 2.15. The number of nitrogens with one attached hydrogen (secondary N) is 1. The van der Waals surface area contributed by atoms with Gasteiger partial charge in [-0.25, -0.2) is 12.8 Å². The second-order valence-corrected chi connectivity index (χ2v) is 8.59. The van der Waals surface area contributed by atoms with Gasteiger partial charge < -0.3 is 10.2 Å². The summed E-state index contributed by atoms with van der Waals surface area (Å²) in [6, 6.07) is 12.0. The minimum atomic E-state index is -3.37. The second-order valence-electron chi connectivity index (χ2n) is 6.62. The summed E-state index contributed by atoms with van der Waals surface area (Å²) in [7, 11) is -1.40. The van der Waals surface area contributed by atoms with Gasteiger partial charge in [0.05, 0.1) is 5.75 Å². The Balaban J connectivity index is 1.62. The largest absolute Gasteiger partial charge is 0.322 e. The fourth-order valence-corrected chi connectivity index (χ4v) is 4.37. The van der Waals surface area contributed by atoms with Crippen LogP contribution in [-0.2, 0) is 15.8 Å². The molecule has 0 atom stereocenters. The Morgan fingerprint density at radius 3 is 2.19 bits per heavy atom. The van der Waals surface area contributed by atoms with Crippen molar-refractivity contribution in [2.24, 2.45) is 0 Å². The van der Waals surface area contributed by atoms with E-state index in [-0.39, 0.29) is 17.5 Å². The van der Waals surface area contributed by atoms with Crippen LogP contribution >= 0.6 is 0 Å². The van der Waals surface area contributed by atoms with Gasteiger partial charge in [0.1, 0.15) is 5.82 Å². The number of hydrogen-bond donors (Lipinski definition) is 1. The molecule has 1 heterocycles. The smallest absolute Gasteiger partial charge is 0.255 e. The number of anilines is 1. The van der Waals surface area contributed by atoms with E-state index in [0.717, 1.165) is 13.1 Å². The monoisotopic (exact) mass is 391 g/mol. The molecular weight excluding hydrogens is 369 g/mol. The van der Waals surface area contributed by atoms with Gasteiger partial charge in [-0.15, -0.1) is 0 Å². The Morgan fingerprint density at radius 2 is 1.59 bits per heavy atom. The van der Waals surface area contributed by atoms with Gasteiger partial charge in [0.2, 0.25) is 10.0 Å². The molecule has 1 aliphatic heterocycles. The maximum atomic E-state index is 12.9. The molecule has 2 aromatic carbocycles. The number of carbonyl (C=O) groups is 1. The van der Waals surface area contributed by atoms with Gasteiger partial charge in [-0.3, -0.25) is 4.79 Å². The van der Waals surface area contributed by atoms with Gasteiger partial charge in [-0.1, -0.05) is 12.1 Å². The van der Waals surface area contributed by atoms with Crippen LogP contribution < -0.4 is 5.32 Å². The van der Waals surface area contributed by atoms with Crippen LogP contribution in [0.4, 0.5) is 10.1 Å². The van der Waals surface area contributed by atoms with Crippen molar-refractivity contribution >= 4 is 21.6 Å². The summed E-state index contributed by atoms with van der Waals surface area (Å²) in [4.78, 5) is 14.3. The second kappa shape index (κ2) is 8.16. The van der Waals surface area contributed by atoms with Crippen molar-refractivity contribution in [1.29, 1.82) is 0 Å². The van der Waals surface area contributed by atoms with Gasteiger partial charge in [0, 0.05) is 37.4 Å². The third kappa shape index (κ3) is 5.12. The lowest BCUT2D eigenvalue weighted by molar-refractivity contribution is 0.102. The number of amides is 1. The molecule has 1 fully saturated rings. The summed E-state index contributed by atoms with van der Waals surface area (Å²) < 4.78 is 39.5. The number of piperazine rings is 1. The third-order valence-electron chi connectivity index (χ3n) is 4.52. The molecule has 8 heteroatoms. The molecule has 0 saturated carbocycles. The number of hydrogen-bond acceptors (Lipinski definition) is 4. The van der Waals surface area contributed by atoms with E-state index in [4.69, 9.17) is 0 Å². The lowest BCUT2D eigenvalue weighted by atomic mass is 10.1. The maximum absolute atomic E-state index is 12.9. The van der Waals surface area contributed by atoms with E-state index in [0.29, 0.717) is 29.9 Å². The Kier molecular flexibility index (Phi) is 5.88. The summed E-state index contributed by atoms with van der Waals surface area (Å²) in [5.74, 6) is -0.801. The van der Waals surface area contributed by atoms with Crippen LogP contribution in [0.1, 0.15) is 15.9 Å². The lowest BCUT2D eigenvalue weighted by Crippen LogP contribution is -2.47. The standard InChI is InChI=1S/C19H22FN3O3S/c1-22-10-12-23(13-11-22)27(25,26)14-15-2-4-16(5-3-15)19(24)21-18-8-6-17(20)7-9-18/h2-9H,10-14H2,1H3,(H,21,24). The predicted octanol–water partition coefficient (Wildman–Crippen LogP) is 2.16. The zero-order valence-corrected chi connectivity index (χ0v) is 15.9. The fraction of sp³-hybridized carbons (Fsp3) is 0.316. The normalized spacial score (nSPS) is 16.2.